The molecule has 3 rings (SSSR count). The van der Waals surface area contributed by atoms with Gasteiger partial charge in [0.25, 0.3) is 0 Å². The van der Waals surface area contributed by atoms with Gasteiger partial charge >= 0.3 is 0 Å². The number of hydrogen-bond acceptors (Lipinski definition) is 4. The van der Waals surface area contributed by atoms with Crippen molar-refractivity contribution in [2.75, 3.05) is 6.54 Å². The third kappa shape index (κ3) is 2.20. The number of aromatic nitrogens is 1. The maximum Gasteiger partial charge on any atom is 0.234 e. The maximum absolute atomic E-state index is 11.3. The van der Waals surface area contributed by atoms with E-state index in [-0.39, 0.29) is 11.9 Å². The number of nitrogens with two attached hydrogens (primary N) is 1. The standard InChI is InChI=1S/C15H17N3O2/c1-10(15(16)19)18-8-7-13-12(9-18)14(17-20-13)11-5-3-2-4-6-11/h2-6,10H,7-9H2,1H3,(H2,16,19). The summed E-state index contributed by atoms with van der Waals surface area (Å²) in [5, 5.41) is 4.19. The molecular weight excluding hydrogens is 254 g/mol. The molecule has 2 heterocycles. The Hall–Kier alpha value is -2.14. The maximum atomic E-state index is 11.3. The summed E-state index contributed by atoms with van der Waals surface area (Å²) in [6.45, 7) is 3.25. The summed E-state index contributed by atoms with van der Waals surface area (Å²) >= 11 is 0. The van der Waals surface area contributed by atoms with Crippen LogP contribution in [0, 0.1) is 0 Å². The van der Waals surface area contributed by atoms with E-state index in [9.17, 15) is 4.79 Å². The molecule has 5 nitrogen and oxygen atoms in total. The molecule has 5 heteroatoms. The van der Waals surface area contributed by atoms with Crippen molar-refractivity contribution >= 4 is 5.91 Å². The van der Waals surface area contributed by atoms with Crippen molar-refractivity contribution in [3.05, 3.63) is 41.7 Å². The van der Waals surface area contributed by atoms with Crippen molar-refractivity contribution in [3.63, 3.8) is 0 Å². The molecule has 1 aliphatic rings. The Bertz CT molecular complexity index is 621. The molecule has 2 aromatic rings. The summed E-state index contributed by atoms with van der Waals surface area (Å²) in [4.78, 5) is 13.4. The molecule has 0 spiro atoms. The molecule has 1 unspecified atom stereocenters. The van der Waals surface area contributed by atoms with Crippen LogP contribution in [0.4, 0.5) is 0 Å². The lowest BCUT2D eigenvalue weighted by molar-refractivity contribution is -0.123. The highest BCUT2D eigenvalue weighted by molar-refractivity contribution is 5.79. The average Bonchev–Trinajstić information content (AvgIpc) is 2.90. The zero-order chi connectivity index (χ0) is 14.1. The highest BCUT2D eigenvalue weighted by Gasteiger charge is 2.29. The van der Waals surface area contributed by atoms with E-state index in [0.29, 0.717) is 6.54 Å². The van der Waals surface area contributed by atoms with Crippen molar-refractivity contribution in [1.29, 1.82) is 0 Å². The van der Waals surface area contributed by atoms with Gasteiger partial charge in [-0.1, -0.05) is 35.5 Å². The number of hydrogen-bond donors (Lipinski definition) is 1. The quantitative estimate of drug-likeness (QED) is 0.919. The molecule has 1 aromatic carbocycles. The van der Waals surface area contributed by atoms with Crippen LogP contribution < -0.4 is 5.73 Å². The number of carbonyl (C=O) groups is 1. The molecule has 0 aliphatic carbocycles. The second-order valence-corrected chi connectivity index (χ2v) is 5.10. The van der Waals surface area contributed by atoms with E-state index < -0.39 is 0 Å². The number of fused-ring (bicyclic) bond motifs is 1. The van der Waals surface area contributed by atoms with Crippen molar-refractivity contribution in [3.8, 4) is 11.3 Å². The second-order valence-electron chi connectivity index (χ2n) is 5.10. The SMILES string of the molecule is CC(C(N)=O)N1CCc2onc(-c3ccccc3)c2C1. The number of carbonyl (C=O) groups excluding carboxylic acids is 1. The molecule has 0 radical (unpaired) electrons. The average molecular weight is 271 g/mol. The summed E-state index contributed by atoms with van der Waals surface area (Å²) in [6.07, 6.45) is 0.757. The van der Waals surface area contributed by atoms with Crippen LogP contribution in [0.25, 0.3) is 11.3 Å². The van der Waals surface area contributed by atoms with Gasteiger partial charge in [-0.15, -0.1) is 0 Å². The van der Waals surface area contributed by atoms with Gasteiger partial charge in [0, 0.05) is 30.6 Å². The molecule has 0 fully saturated rings. The Balaban J connectivity index is 1.92. The first kappa shape index (κ1) is 12.9. The Labute approximate surface area is 117 Å². The molecule has 0 saturated carbocycles. The summed E-state index contributed by atoms with van der Waals surface area (Å²) in [7, 11) is 0. The van der Waals surface area contributed by atoms with Crippen molar-refractivity contribution < 1.29 is 9.32 Å². The summed E-state index contributed by atoms with van der Waals surface area (Å²) in [5.41, 5.74) is 8.35. The van der Waals surface area contributed by atoms with Gasteiger partial charge in [0.1, 0.15) is 11.5 Å². The van der Waals surface area contributed by atoms with Gasteiger partial charge in [-0.3, -0.25) is 9.69 Å². The van der Waals surface area contributed by atoms with E-state index in [1.165, 1.54) is 0 Å². The minimum atomic E-state index is -0.300. The zero-order valence-corrected chi connectivity index (χ0v) is 11.4. The van der Waals surface area contributed by atoms with Crippen LogP contribution in [0.2, 0.25) is 0 Å². The van der Waals surface area contributed by atoms with Gasteiger partial charge in [0.05, 0.1) is 6.04 Å². The number of rotatable bonds is 3. The van der Waals surface area contributed by atoms with Gasteiger partial charge in [-0.05, 0) is 6.92 Å². The first-order valence-electron chi connectivity index (χ1n) is 6.73. The van der Waals surface area contributed by atoms with Crippen LogP contribution in [0.3, 0.4) is 0 Å². The normalized spacial score (nSPS) is 16.6. The minimum Gasteiger partial charge on any atom is -0.368 e. The summed E-state index contributed by atoms with van der Waals surface area (Å²) in [6, 6.07) is 9.66. The van der Waals surface area contributed by atoms with Gasteiger partial charge in [0.2, 0.25) is 5.91 Å². The van der Waals surface area contributed by atoms with Crippen LogP contribution in [0.15, 0.2) is 34.9 Å². The van der Waals surface area contributed by atoms with Crippen LogP contribution in [0.5, 0.6) is 0 Å². The first-order chi connectivity index (χ1) is 9.66. The largest absolute Gasteiger partial charge is 0.368 e. The van der Waals surface area contributed by atoms with Crippen LogP contribution >= 0.6 is 0 Å². The lowest BCUT2D eigenvalue weighted by Crippen LogP contribution is -2.44. The highest BCUT2D eigenvalue weighted by atomic mass is 16.5. The molecule has 1 atom stereocenters. The Morgan fingerprint density at radius 3 is 2.85 bits per heavy atom. The second kappa shape index (κ2) is 5.09. The zero-order valence-electron chi connectivity index (χ0n) is 11.4. The van der Waals surface area contributed by atoms with Crippen molar-refractivity contribution in [2.24, 2.45) is 5.73 Å². The molecule has 1 aliphatic heterocycles. The van der Waals surface area contributed by atoms with E-state index >= 15 is 0 Å². The summed E-state index contributed by atoms with van der Waals surface area (Å²) in [5.74, 6) is 0.614. The fourth-order valence-corrected chi connectivity index (χ4v) is 2.56. The number of benzene rings is 1. The third-order valence-corrected chi connectivity index (χ3v) is 3.86. The lowest BCUT2D eigenvalue weighted by atomic mass is 10.0. The predicted molar refractivity (Wildman–Crippen MR) is 74.7 cm³/mol. The molecule has 1 aromatic heterocycles. The van der Waals surface area contributed by atoms with Crippen molar-refractivity contribution in [1.82, 2.24) is 10.1 Å². The first-order valence-corrected chi connectivity index (χ1v) is 6.73. The minimum absolute atomic E-state index is 0.276. The van der Waals surface area contributed by atoms with E-state index in [1.54, 1.807) is 0 Å². The third-order valence-electron chi connectivity index (χ3n) is 3.86. The van der Waals surface area contributed by atoms with Gasteiger partial charge < -0.3 is 10.3 Å². The smallest absolute Gasteiger partial charge is 0.234 e. The molecule has 20 heavy (non-hydrogen) atoms. The van der Waals surface area contributed by atoms with Gasteiger partial charge in [0.15, 0.2) is 0 Å². The monoisotopic (exact) mass is 271 g/mol. The molecule has 0 bridgehead atoms. The predicted octanol–water partition coefficient (Wildman–Crippen LogP) is 1.57. The number of nitrogens with zero attached hydrogens (tertiary/aromatic N) is 2. The molecule has 1 amide bonds. The van der Waals surface area contributed by atoms with Gasteiger partial charge in [-0.2, -0.15) is 0 Å². The fraction of sp³-hybridized carbons (Fsp3) is 0.333. The Kier molecular flexibility index (Phi) is 3.28. The molecule has 104 valence electrons. The van der Waals surface area contributed by atoms with E-state index in [2.05, 4.69) is 10.1 Å². The summed E-state index contributed by atoms with van der Waals surface area (Å²) < 4.78 is 5.44. The van der Waals surface area contributed by atoms with E-state index in [0.717, 1.165) is 35.5 Å². The van der Waals surface area contributed by atoms with E-state index in [4.69, 9.17) is 10.3 Å². The number of primary amides is 1. The Morgan fingerprint density at radius 1 is 1.40 bits per heavy atom. The van der Waals surface area contributed by atoms with Gasteiger partial charge in [-0.25, -0.2) is 0 Å². The van der Waals surface area contributed by atoms with Crippen LogP contribution in [0.1, 0.15) is 18.2 Å². The molecule has 0 saturated heterocycles. The Morgan fingerprint density at radius 2 is 2.15 bits per heavy atom. The van der Waals surface area contributed by atoms with Crippen LogP contribution in [-0.2, 0) is 17.8 Å². The van der Waals surface area contributed by atoms with Crippen LogP contribution in [-0.4, -0.2) is 28.6 Å². The van der Waals surface area contributed by atoms with E-state index in [1.807, 2.05) is 37.3 Å². The molecule has 2 N–H and O–H groups in total. The lowest BCUT2D eigenvalue weighted by Gasteiger charge is -2.29. The topological polar surface area (TPSA) is 72.4 Å². The highest BCUT2D eigenvalue weighted by Crippen LogP contribution is 2.30. The van der Waals surface area contributed by atoms with Crippen molar-refractivity contribution in [2.45, 2.75) is 25.9 Å². The number of amides is 1. The fourth-order valence-electron chi connectivity index (χ4n) is 2.56. The molecular formula is C15H17N3O2.